The number of furan rings is 1. The molecule has 2 atom stereocenters. The Kier molecular flexibility index (Phi) is 4.06. The van der Waals surface area contributed by atoms with Gasteiger partial charge in [0.25, 0.3) is 5.91 Å². The van der Waals surface area contributed by atoms with E-state index >= 15 is 0 Å². The first-order valence-electron chi connectivity index (χ1n) is 8.71. The molecule has 2 heterocycles. The molecule has 4 rings (SSSR count). The van der Waals surface area contributed by atoms with E-state index < -0.39 is 0 Å². The fraction of sp³-hybridized carbons (Fsp3) is 0.286. The molecule has 2 aromatic carbocycles. The number of amides is 1. The van der Waals surface area contributed by atoms with Crippen molar-refractivity contribution in [3.05, 3.63) is 71.5 Å². The number of para-hydroxylation sites is 1. The van der Waals surface area contributed by atoms with Crippen LogP contribution in [0.3, 0.4) is 0 Å². The summed E-state index contributed by atoms with van der Waals surface area (Å²) in [5.41, 5.74) is 8.91. The zero-order chi connectivity index (χ0) is 17.4. The first-order valence-corrected chi connectivity index (χ1v) is 8.71. The van der Waals surface area contributed by atoms with Crippen molar-refractivity contribution in [1.29, 1.82) is 0 Å². The summed E-state index contributed by atoms with van der Waals surface area (Å²) < 4.78 is 5.86. The molecule has 1 aliphatic rings. The van der Waals surface area contributed by atoms with Crippen molar-refractivity contribution in [1.82, 2.24) is 4.90 Å². The summed E-state index contributed by atoms with van der Waals surface area (Å²) in [5, 5.41) is 1.00. The molecule has 0 unspecified atom stereocenters. The number of hydrogen-bond donors (Lipinski definition) is 1. The maximum absolute atomic E-state index is 13.1. The van der Waals surface area contributed by atoms with E-state index in [1.54, 1.807) is 0 Å². The number of benzene rings is 2. The molecular weight excluding hydrogens is 312 g/mol. The van der Waals surface area contributed by atoms with E-state index in [0.29, 0.717) is 25.4 Å². The SMILES string of the molecule is Cc1c(C(=O)N2C[C@@H](CN)[C@H](c3ccccc3)C2)oc2ccccc12. The highest BCUT2D eigenvalue weighted by molar-refractivity contribution is 5.99. The van der Waals surface area contributed by atoms with Crippen molar-refractivity contribution in [3.8, 4) is 0 Å². The van der Waals surface area contributed by atoms with Gasteiger partial charge < -0.3 is 15.1 Å². The van der Waals surface area contributed by atoms with Crippen LogP contribution in [0, 0.1) is 12.8 Å². The molecule has 1 aromatic heterocycles. The van der Waals surface area contributed by atoms with Gasteiger partial charge in [-0.25, -0.2) is 0 Å². The molecule has 0 radical (unpaired) electrons. The average molecular weight is 334 g/mol. The Labute approximate surface area is 147 Å². The first kappa shape index (κ1) is 15.9. The molecule has 0 spiro atoms. The molecule has 1 fully saturated rings. The topological polar surface area (TPSA) is 59.5 Å². The van der Waals surface area contributed by atoms with E-state index in [4.69, 9.17) is 10.2 Å². The maximum atomic E-state index is 13.1. The zero-order valence-electron chi connectivity index (χ0n) is 14.3. The Morgan fingerprint density at radius 2 is 1.84 bits per heavy atom. The lowest BCUT2D eigenvalue weighted by Crippen LogP contribution is -2.30. The predicted octanol–water partition coefficient (Wildman–Crippen LogP) is 3.56. The largest absolute Gasteiger partial charge is 0.451 e. The second kappa shape index (κ2) is 6.37. The smallest absolute Gasteiger partial charge is 0.289 e. The van der Waals surface area contributed by atoms with Gasteiger partial charge in [-0.3, -0.25) is 4.79 Å². The van der Waals surface area contributed by atoms with E-state index in [1.165, 1.54) is 5.56 Å². The van der Waals surface area contributed by atoms with E-state index in [2.05, 4.69) is 12.1 Å². The van der Waals surface area contributed by atoms with Crippen molar-refractivity contribution in [2.24, 2.45) is 11.7 Å². The maximum Gasteiger partial charge on any atom is 0.289 e. The number of nitrogens with zero attached hydrogens (tertiary/aromatic N) is 1. The second-order valence-electron chi connectivity index (χ2n) is 6.78. The van der Waals surface area contributed by atoms with Crippen molar-refractivity contribution < 1.29 is 9.21 Å². The third-order valence-corrected chi connectivity index (χ3v) is 5.30. The molecule has 0 bridgehead atoms. The standard InChI is InChI=1S/C21H22N2O2/c1-14-17-9-5-6-10-19(17)25-20(14)21(24)23-12-16(11-22)18(13-23)15-7-3-2-4-8-15/h2-10,16,18H,11-13,22H2,1H3/t16-,18+/m1/s1. The lowest BCUT2D eigenvalue weighted by molar-refractivity contribution is 0.0756. The van der Waals surface area contributed by atoms with E-state index in [1.807, 2.05) is 54.3 Å². The van der Waals surface area contributed by atoms with Crippen LogP contribution in [0.25, 0.3) is 11.0 Å². The summed E-state index contributed by atoms with van der Waals surface area (Å²) in [6, 6.07) is 18.1. The zero-order valence-corrected chi connectivity index (χ0v) is 14.3. The summed E-state index contributed by atoms with van der Waals surface area (Å²) >= 11 is 0. The quantitative estimate of drug-likeness (QED) is 0.797. The van der Waals surface area contributed by atoms with Crippen molar-refractivity contribution in [2.45, 2.75) is 12.8 Å². The summed E-state index contributed by atoms with van der Waals surface area (Å²) in [7, 11) is 0. The van der Waals surface area contributed by atoms with Gasteiger partial charge in [0.05, 0.1) is 0 Å². The fourth-order valence-electron chi connectivity index (χ4n) is 3.88. The van der Waals surface area contributed by atoms with Gasteiger partial charge in [-0.1, -0.05) is 48.5 Å². The van der Waals surface area contributed by atoms with Gasteiger partial charge in [-0.15, -0.1) is 0 Å². The molecule has 2 N–H and O–H groups in total. The Hall–Kier alpha value is -2.59. The van der Waals surface area contributed by atoms with Gasteiger partial charge in [-0.2, -0.15) is 0 Å². The Balaban J connectivity index is 1.63. The second-order valence-corrected chi connectivity index (χ2v) is 6.78. The lowest BCUT2D eigenvalue weighted by Gasteiger charge is -2.16. The normalized spacial score (nSPS) is 20.3. The molecule has 0 aliphatic carbocycles. The molecule has 128 valence electrons. The molecule has 4 heteroatoms. The Morgan fingerprint density at radius 3 is 2.56 bits per heavy atom. The highest BCUT2D eigenvalue weighted by Crippen LogP contribution is 2.34. The molecule has 1 amide bonds. The van der Waals surface area contributed by atoms with Crippen LogP contribution in [0.15, 0.2) is 59.0 Å². The number of hydrogen-bond acceptors (Lipinski definition) is 3. The van der Waals surface area contributed by atoms with Crippen molar-refractivity contribution >= 4 is 16.9 Å². The van der Waals surface area contributed by atoms with Crippen LogP contribution in [0.1, 0.15) is 27.6 Å². The molecule has 25 heavy (non-hydrogen) atoms. The lowest BCUT2D eigenvalue weighted by atomic mass is 9.89. The minimum Gasteiger partial charge on any atom is -0.451 e. The number of aryl methyl sites for hydroxylation is 1. The van der Waals surface area contributed by atoms with Crippen LogP contribution in [0.5, 0.6) is 0 Å². The van der Waals surface area contributed by atoms with Crippen molar-refractivity contribution in [3.63, 3.8) is 0 Å². The predicted molar refractivity (Wildman–Crippen MR) is 98.6 cm³/mol. The Morgan fingerprint density at radius 1 is 1.12 bits per heavy atom. The van der Waals surface area contributed by atoms with E-state index in [9.17, 15) is 4.79 Å². The van der Waals surface area contributed by atoms with Gasteiger partial charge in [0, 0.05) is 30.0 Å². The first-order chi connectivity index (χ1) is 12.2. The van der Waals surface area contributed by atoms with Crippen LogP contribution in [0.4, 0.5) is 0 Å². The highest BCUT2D eigenvalue weighted by Gasteiger charge is 2.37. The molecule has 1 saturated heterocycles. The number of carbonyl (C=O) groups is 1. The molecular formula is C21H22N2O2. The molecule has 3 aromatic rings. The van der Waals surface area contributed by atoms with Crippen LogP contribution in [-0.2, 0) is 0 Å². The monoisotopic (exact) mass is 334 g/mol. The third kappa shape index (κ3) is 2.72. The summed E-state index contributed by atoms with van der Waals surface area (Å²) in [5.74, 6) is 0.965. The number of likely N-dealkylation sites (tertiary alicyclic amines) is 1. The number of fused-ring (bicyclic) bond motifs is 1. The summed E-state index contributed by atoms with van der Waals surface area (Å²) in [4.78, 5) is 15.0. The molecule has 1 aliphatic heterocycles. The van der Waals surface area contributed by atoms with E-state index in [-0.39, 0.29) is 17.7 Å². The van der Waals surface area contributed by atoms with Crippen LogP contribution < -0.4 is 5.73 Å². The fourth-order valence-corrected chi connectivity index (χ4v) is 3.88. The third-order valence-electron chi connectivity index (χ3n) is 5.30. The van der Waals surface area contributed by atoms with Gasteiger partial charge in [0.2, 0.25) is 0 Å². The van der Waals surface area contributed by atoms with Gasteiger partial charge in [-0.05, 0) is 31.0 Å². The molecule has 4 nitrogen and oxygen atoms in total. The minimum atomic E-state index is -0.0365. The number of nitrogens with two attached hydrogens (primary N) is 1. The van der Waals surface area contributed by atoms with Crippen molar-refractivity contribution in [2.75, 3.05) is 19.6 Å². The Bertz CT molecular complexity index is 901. The highest BCUT2D eigenvalue weighted by atomic mass is 16.3. The van der Waals surface area contributed by atoms with Crippen LogP contribution in [-0.4, -0.2) is 30.4 Å². The van der Waals surface area contributed by atoms with Gasteiger partial charge in [0.1, 0.15) is 5.58 Å². The average Bonchev–Trinajstić information content (AvgIpc) is 3.24. The number of rotatable bonds is 3. The number of carbonyl (C=O) groups excluding carboxylic acids is 1. The van der Waals surface area contributed by atoms with Gasteiger partial charge >= 0.3 is 0 Å². The molecule has 0 saturated carbocycles. The summed E-state index contributed by atoms with van der Waals surface area (Å²) in [6.07, 6.45) is 0. The minimum absolute atomic E-state index is 0.0365. The van der Waals surface area contributed by atoms with E-state index in [0.717, 1.165) is 16.5 Å². The van der Waals surface area contributed by atoms with Crippen LogP contribution in [0.2, 0.25) is 0 Å². The van der Waals surface area contributed by atoms with Gasteiger partial charge in [0.15, 0.2) is 5.76 Å². The van der Waals surface area contributed by atoms with Crippen LogP contribution >= 0.6 is 0 Å². The summed E-state index contributed by atoms with van der Waals surface area (Å²) in [6.45, 7) is 3.87.